The monoisotopic (exact) mass is 208 g/mol. The number of benzene rings is 1. The highest BCUT2D eigenvalue weighted by atomic mass is 35.5. The predicted molar refractivity (Wildman–Crippen MR) is 60.5 cm³/mol. The predicted octanol–water partition coefficient (Wildman–Crippen LogP) is 3.64. The zero-order valence-corrected chi connectivity index (χ0v) is 9.35. The van der Waals surface area contributed by atoms with Gasteiger partial charge in [0.15, 0.2) is 5.78 Å². The third-order valence-electron chi connectivity index (χ3n) is 2.17. The molecule has 1 rings (SSSR count). The smallest absolute Gasteiger partial charge is 0.155 e. The molecule has 0 aliphatic carbocycles. The van der Waals surface area contributed by atoms with Crippen molar-refractivity contribution in [2.45, 2.75) is 20.8 Å². The Labute approximate surface area is 89.4 Å². The van der Waals surface area contributed by atoms with Gasteiger partial charge in [-0.25, -0.2) is 0 Å². The summed E-state index contributed by atoms with van der Waals surface area (Å²) in [4.78, 5) is 11.0. The highest BCUT2D eigenvalue weighted by molar-refractivity contribution is 6.30. The molecule has 0 aromatic heterocycles. The van der Waals surface area contributed by atoms with Crippen LogP contribution in [0.5, 0.6) is 0 Å². The van der Waals surface area contributed by atoms with E-state index in [0.717, 1.165) is 16.7 Å². The second kappa shape index (κ2) is 4.43. The summed E-state index contributed by atoms with van der Waals surface area (Å²) in [6, 6.07) is 5.66. The molecular formula is C12H13ClO. The normalized spacial score (nSPS) is 11.6. The number of rotatable bonds is 2. The Balaban J connectivity index is 3.13. The number of allylic oxidation sites excluding steroid dienone is 1. The summed E-state index contributed by atoms with van der Waals surface area (Å²) in [5.74, 6) is 0.0874. The lowest BCUT2D eigenvalue weighted by atomic mass is 10.0. The number of aryl methyl sites for hydroxylation is 1. The molecule has 0 aliphatic heterocycles. The first-order chi connectivity index (χ1) is 6.50. The van der Waals surface area contributed by atoms with Crippen LogP contribution in [-0.4, -0.2) is 5.78 Å². The molecule has 0 radical (unpaired) electrons. The van der Waals surface area contributed by atoms with Crippen LogP contribution in [0.4, 0.5) is 0 Å². The number of ketones is 1. The maximum Gasteiger partial charge on any atom is 0.155 e. The molecule has 1 nitrogen and oxygen atoms in total. The van der Waals surface area contributed by atoms with Crippen LogP contribution in [0.25, 0.3) is 6.08 Å². The van der Waals surface area contributed by atoms with Gasteiger partial charge in [0.05, 0.1) is 0 Å². The number of halogens is 1. The van der Waals surface area contributed by atoms with Crippen LogP contribution in [-0.2, 0) is 4.79 Å². The van der Waals surface area contributed by atoms with Crippen LogP contribution in [0, 0.1) is 6.92 Å². The summed E-state index contributed by atoms with van der Waals surface area (Å²) in [5, 5.41) is 0.693. The maximum absolute atomic E-state index is 11.0. The van der Waals surface area contributed by atoms with Gasteiger partial charge < -0.3 is 0 Å². The second-order valence-electron chi connectivity index (χ2n) is 3.38. The molecule has 0 bridgehead atoms. The van der Waals surface area contributed by atoms with E-state index in [1.54, 1.807) is 6.92 Å². The van der Waals surface area contributed by atoms with Crippen molar-refractivity contribution in [3.63, 3.8) is 0 Å². The average Bonchev–Trinajstić information content (AvgIpc) is 2.11. The van der Waals surface area contributed by atoms with Crippen LogP contribution >= 0.6 is 11.6 Å². The van der Waals surface area contributed by atoms with Crippen molar-refractivity contribution in [3.8, 4) is 0 Å². The minimum atomic E-state index is 0.0874. The van der Waals surface area contributed by atoms with Crippen molar-refractivity contribution < 1.29 is 4.79 Å². The first kappa shape index (κ1) is 11.0. The van der Waals surface area contributed by atoms with Gasteiger partial charge in [0.25, 0.3) is 0 Å². The van der Waals surface area contributed by atoms with Gasteiger partial charge in [-0.3, -0.25) is 4.79 Å². The van der Waals surface area contributed by atoms with Crippen molar-refractivity contribution in [1.82, 2.24) is 0 Å². The van der Waals surface area contributed by atoms with Crippen LogP contribution in [0.2, 0.25) is 5.02 Å². The lowest BCUT2D eigenvalue weighted by Gasteiger charge is -2.02. The molecule has 0 N–H and O–H groups in total. The van der Waals surface area contributed by atoms with Crippen LogP contribution < -0.4 is 0 Å². The lowest BCUT2D eigenvalue weighted by Crippen LogP contribution is -1.91. The molecular weight excluding hydrogens is 196 g/mol. The van der Waals surface area contributed by atoms with Crippen molar-refractivity contribution in [2.24, 2.45) is 0 Å². The molecule has 74 valence electrons. The molecule has 2 heteroatoms. The van der Waals surface area contributed by atoms with Gasteiger partial charge in [0, 0.05) is 5.02 Å². The summed E-state index contributed by atoms with van der Waals surface area (Å²) < 4.78 is 0. The molecule has 0 amide bonds. The Morgan fingerprint density at radius 3 is 2.57 bits per heavy atom. The SMILES string of the molecule is CC(=O)/C(C)=C/c1cc(Cl)ccc1C. The Morgan fingerprint density at radius 2 is 2.00 bits per heavy atom. The summed E-state index contributed by atoms with van der Waals surface area (Å²) >= 11 is 5.87. The fraction of sp³-hybridized carbons (Fsp3) is 0.250. The van der Waals surface area contributed by atoms with E-state index < -0.39 is 0 Å². The second-order valence-corrected chi connectivity index (χ2v) is 3.82. The van der Waals surface area contributed by atoms with E-state index in [1.165, 1.54) is 0 Å². The van der Waals surface area contributed by atoms with Crippen molar-refractivity contribution in [2.75, 3.05) is 0 Å². The summed E-state index contributed by atoms with van der Waals surface area (Å²) in [7, 11) is 0. The van der Waals surface area contributed by atoms with Gasteiger partial charge in [0.2, 0.25) is 0 Å². The Morgan fingerprint density at radius 1 is 1.36 bits per heavy atom. The van der Waals surface area contributed by atoms with Crippen molar-refractivity contribution in [1.29, 1.82) is 0 Å². The van der Waals surface area contributed by atoms with Crippen LogP contribution in [0.1, 0.15) is 25.0 Å². The van der Waals surface area contributed by atoms with E-state index in [2.05, 4.69) is 0 Å². The lowest BCUT2D eigenvalue weighted by molar-refractivity contribution is -0.113. The quantitative estimate of drug-likeness (QED) is 0.679. The zero-order valence-electron chi connectivity index (χ0n) is 8.60. The fourth-order valence-electron chi connectivity index (χ4n) is 1.10. The molecule has 1 aromatic rings. The number of hydrogen-bond donors (Lipinski definition) is 0. The fourth-order valence-corrected chi connectivity index (χ4v) is 1.28. The molecule has 0 fully saturated rings. The van der Waals surface area contributed by atoms with E-state index in [4.69, 9.17) is 11.6 Å². The van der Waals surface area contributed by atoms with Gasteiger partial charge in [-0.2, -0.15) is 0 Å². The molecule has 0 unspecified atom stereocenters. The average molecular weight is 209 g/mol. The zero-order chi connectivity index (χ0) is 10.7. The van der Waals surface area contributed by atoms with E-state index in [1.807, 2.05) is 38.1 Å². The molecule has 0 spiro atoms. The van der Waals surface area contributed by atoms with Gasteiger partial charge in [-0.05, 0) is 55.7 Å². The summed E-state index contributed by atoms with van der Waals surface area (Å²) in [6.07, 6.45) is 1.86. The van der Waals surface area contributed by atoms with Gasteiger partial charge in [-0.15, -0.1) is 0 Å². The van der Waals surface area contributed by atoms with Crippen LogP contribution in [0.15, 0.2) is 23.8 Å². The Kier molecular flexibility index (Phi) is 3.48. The minimum Gasteiger partial charge on any atom is -0.295 e. The number of carbonyl (C=O) groups is 1. The van der Waals surface area contributed by atoms with E-state index in [0.29, 0.717) is 5.02 Å². The van der Waals surface area contributed by atoms with Crippen LogP contribution in [0.3, 0.4) is 0 Å². The molecule has 1 aromatic carbocycles. The standard InChI is InChI=1S/C12H13ClO/c1-8-4-5-12(13)7-11(8)6-9(2)10(3)14/h4-7H,1-3H3/b9-6+. The van der Waals surface area contributed by atoms with Gasteiger partial charge in [-0.1, -0.05) is 17.7 Å². The van der Waals surface area contributed by atoms with E-state index >= 15 is 0 Å². The van der Waals surface area contributed by atoms with Gasteiger partial charge in [0.1, 0.15) is 0 Å². The largest absolute Gasteiger partial charge is 0.295 e. The molecule has 14 heavy (non-hydrogen) atoms. The van der Waals surface area contributed by atoms with Gasteiger partial charge >= 0.3 is 0 Å². The number of hydrogen-bond acceptors (Lipinski definition) is 1. The Hall–Kier alpha value is -1.08. The number of carbonyl (C=O) groups excluding carboxylic acids is 1. The van der Waals surface area contributed by atoms with Crippen molar-refractivity contribution in [3.05, 3.63) is 39.9 Å². The minimum absolute atomic E-state index is 0.0874. The highest BCUT2D eigenvalue weighted by Gasteiger charge is 2.00. The first-order valence-electron chi connectivity index (χ1n) is 4.46. The third kappa shape index (κ3) is 2.71. The van der Waals surface area contributed by atoms with E-state index in [-0.39, 0.29) is 5.78 Å². The molecule has 0 atom stereocenters. The highest BCUT2D eigenvalue weighted by Crippen LogP contribution is 2.18. The topological polar surface area (TPSA) is 17.1 Å². The molecule has 0 saturated carbocycles. The van der Waals surface area contributed by atoms with E-state index in [9.17, 15) is 4.79 Å². The third-order valence-corrected chi connectivity index (χ3v) is 2.40. The molecule has 0 saturated heterocycles. The summed E-state index contributed by atoms with van der Waals surface area (Å²) in [6.45, 7) is 5.37. The number of Topliss-reactive ketones (excluding diaryl/α,β-unsaturated/α-hetero) is 1. The maximum atomic E-state index is 11.0. The summed E-state index contributed by atoms with van der Waals surface area (Å²) in [5.41, 5.74) is 2.87. The molecule has 0 aliphatic rings. The first-order valence-corrected chi connectivity index (χ1v) is 4.84. The Bertz CT molecular complexity index is 391. The van der Waals surface area contributed by atoms with Crippen molar-refractivity contribution >= 4 is 23.5 Å². The molecule has 0 heterocycles.